The molecule has 2 aliphatic rings. The minimum atomic E-state index is 0.885. The molecule has 0 aliphatic heterocycles. The van der Waals surface area contributed by atoms with Gasteiger partial charge in [0, 0.05) is 0 Å². The highest BCUT2D eigenvalue weighted by molar-refractivity contribution is 5.27. The molecule has 2 fully saturated rings. The van der Waals surface area contributed by atoms with Crippen molar-refractivity contribution in [2.45, 2.75) is 117 Å². The Bertz CT molecular complexity index is 552. The molecule has 1 nitrogen and oxygen atoms in total. The summed E-state index contributed by atoms with van der Waals surface area (Å²) < 4.78 is 6.08. The van der Waals surface area contributed by atoms with Crippen LogP contribution in [0, 0.1) is 23.7 Å². The van der Waals surface area contributed by atoms with Crippen molar-refractivity contribution in [1.82, 2.24) is 0 Å². The topological polar surface area (TPSA) is 9.23 Å². The first-order valence-electron chi connectivity index (χ1n) is 13.5. The lowest BCUT2D eigenvalue weighted by atomic mass is 9.75. The number of aryl methyl sites for hydroxylation is 1. The third-order valence-electron chi connectivity index (χ3n) is 8.14. The van der Waals surface area contributed by atoms with Crippen LogP contribution in [-0.2, 0) is 6.42 Å². The van der Waals surface area contributed by atoms with E-state index in [0.717, 1.165) is 36.0 Å². The van der Waals surface area contributed by atoms with Gasteiger partial charge in [-0.05, 0) is 67.1 Å². The van der Waals surface area contributed by atoms with E-state index in [1.54, 1.807) is 0 Å². The third kappa shape index (κ3) is 7.93. The molecule has 0 amide bonds. The fourth-order valence-electron chi connectivity index (χ4n) is 6.29. The van der Waals surface area contributed by atoms with Crippen molar-refractivity contribution < 1.29 is 4.74 Å². The van der Waals surface area contributed by atoms with E-state index in [1.807, 2.05) is 0 Å². The van der Waals surface area contributed by atoms with E-state index in [1.165, 1.54) is 108 Å². The van der Waals surface area contributed by atoms with Gasteiger partial charge in [0.1, 0.15) is 5.75 Å². The number of hydrogen-bond acceptors (Lipinski definition) is 1. The summed E-state index contributed by atoms with van der Waals surface area (Å²) in [6, 6.07) is 9.01. The molecule has 2 atom stereocenters. The molecule has 30 heavy (non-hydrogen) atoms. The summed E-state index contributed by atoms with van der Waals surface area (Å²) in [7, 11) is 0. The SMILES string of the molecule is CCCC1CCC(CCc2ccc(OCCCC3CCCCC3CCC)cc2)CC1. The van der Waals surface area contributed by atoms with Crippen LogP contribution in [0.4, 0.5) is 0 Å². The average molecular weight is 413 g/mol. The minimum Gasteiger partial charge on any atom is -0.494 e. The van der Waals surface area contributed by atoms with E-state index in [9.17, 15) is 0 Å². The summed E-state index contributed by atoms with van der Waals surface area (Å²) in [5.41, 5.74) is 1.49. The molecule has 0 aromatic heterocycles. The Kier molecular flexibility index (Phi) is 10.6. The van der Waals surface area contributed by atoms with Gasteiger partial charge in [0.15, 0.2) is 0 Å². The summed E-state index contributed by atoms with van der Waals surface area (Å²) >= 11 is 0. The maximum atomic E-state index is 6.08. The van der Waals surface area contributed by atoms with Crippen LogP contribution in [0.15, 0.2) is 24.3 Å². The first kappa shape index (κ1) is 23.7. The van der Waals surface area contributed by atoms with Crippen LogP contribution in [-0.4, -0.2) is 6.61 Å². The predicted octanol–water partition coefficient (Wildman–Crippen LogP) is 8.99. The summed E-state index contributed by atoms with van der Waals surface area (Å²) in [6.45, 7) is 5.56. The van der Waals surface area contributed by atoms with Gasteiger partial charge in [-0.25, -0.2) is 0 Å². The van der Waals surface area contributed by atoms with Crippen molar-refractivity contribution in [3.8, 4) is 5.75 Å². The molecular weight excluding hydrogens is 364 g/mol. The maximum absolute atomic E-state index is 6.08. The quantitative estimate of drug-likeness (QED) is 0.311. The Balaban J connectivity index is 1.30. The standard InChI is InChI=1S/C29H48O/c1-3-8-24-13-15-25(16-14-24)17-18-26-19-21-29(22-20-26)30-23-7-12-28-11-6-5-10-27(28)9-4-2/h19-22,24-25,27-28H,3-18,23H2,1-2H3. The molecule has 0 spiro atoms. The van der Waals surface area contributed by atoms with Crippen molar-refractivity contribution in [3.05, 3.63) is 29.8 Å². The van der Waals surface area contributed by atoms with Gasteiger partial charge in [0.05, 0.1) is 6.61 Å². The number of ether oxygens (including phenoxy) is 1. The zero-order valence-corrected chi connectivity index (χ0v) is 20.0. The van der Waals surface area contributed by atoms with Crippen LogP contribution in [0.3, 0.4) is 0 Å². The fourth-order valence-corrected chi connectivity index (χ4v) is 6.29. The number of rotatable bonds is 12. The Morgan fingerprint density at radius 2 is 1.30 bits per heavy atom. The second-order valence-electron chi connectivity index (χ2n) is 10.4. The molecule has 1 heteroatoms. The Morgan fingerprint density at radius 3 is 1.93 bits per heavy atom. The van der Waals surface area contributed by atoms with Crippen molar-refractivity contribution in [2.75, 3.05) is 6.61 Å². The zero-order chi connectivity index (χ0) is 21.0. The van der Waals surface area contributed by atoms with Gasteiger partial charge in [-0.2, -0.15) is 0 Å². The summed E-state index contributed by atoms with van der Waals surface area (Å²) in [6.07, 6.45) is 22.5. The maximum Gasteiger partial charge on any atom is 0.119 e. The minimum absolute atomic E-state index is 0.885. The second kappa shape index (κ2) is 13.4. The lowest BCUT2D eigenvalue weighted by molar-refractivity contribution is 0.193. The van der Waals surface area contributed by atoms with E-state index in [0.29, 0.717) is 0 Å². The summed E-state index contributed by atoms with van der Waals surface area (Å²) in [4.78, 5) is 0. The largest absolute Gasteiger partial charge is 0.494 e. The highest BCUT2D eigenvalue weighted by Crippen LogP contribution is 2.36. The smallest absolute Gasteiger partial charge is 0.119 e. The first-order valence-corrected chi connectivity index (χ1v) is 13.5. The molecule has 2 unspecified atom stereocenters. The Labute approximate surface area is 187 Å². The van der Waals surface area contributed by atoms with Gasteiger partial charge >= 0.3 is 0 Å². The van der Waals surface area contributed by atoms with Crippen LogP contribution < -0.4 is 4.74 Å². The highest BCUT2D eigenvalue weighted by atomic mass is 16.5. The third-order valence-corrected chi connectivity index (χ3v) is 8.14. The van der Waals surface area contributed by atoms with Gasteiger partial charge in [0.25, 0.3) is 0 Å². The van der Waals surface area contributed by atoms with E-state index in [2.05, 4.69) is 38.1 Å². The van der Waals surface area contributed by atoms with Gasteiger partial charge in [-0.3, -0.25) is 0 Å². The van der Waals surface area contributed by atoms with E-state index < -0.39 is 0 Å². The highest BCUT2D eigenvalue weighted by Gasteiger charge is 2.23. The lowest BCUT2D eigenvalue weighted by Crippen LogP contribution is -2.20. The number of benzene rings is 1. The molecular formula is C29H48O. The molecule has 3 rings (SSSR count). The van der Waals surface area contributed by atoms with Gasteiger partial charge in [-0.1, -0.05) is 103 Å². The second-order valence-corrected chi connectivity index (χ2v) is 10.4. The van der Waals surface area contributed by atoms with Crippen molar-refractivity contribution in [3.63, 3.8) is 0 Å². The molecule has 0 radical (unpaired) electrons. The Morgan fingerprint density at radius 1 is 0.700 bits per heavy atom. The molecule has 2 aliphatic carbocycles. The fraction of sp³-hybridized carbons (Fsp3) is 0.793. The van der Waals surface area contributed by atoms with Gasteiger partial charge in [0.2, 0.25) is 0 Å². The summed E-state index contributed by atoms with van der Waals surface area (Å²) in [5.74, 6) is 5.00. The van der Waals surface area contributed by atoms with Crippen LogP contribution in [0.1, 0.15) is 116 Å². The van der Waals surface area contributed by atoms with Crippen molar-refractivity contribution in [2.24, 2.45) is 23.7 Å². The molecule has 170 valence electrons. The van der Waals surface area contributed by atoms with Crippen LogP contribution >= 0.6 is 0 Å². The first-order chi connectivity index (χ1) is 14.8. The van der Waals surface area contributed by atoms with E-state index in [-0.39, 0.29) is 0 Å². The van der Waals surface area contributed by atoms with Crippen molar-refractivity contribution in [1.29, 1.82) is 0 Å². The molecule has 0 N–H and O–H groups in total. The van der Waals surface area contributed by atoms with E-state index in [4.69, 9.17) is 4.74 Å². The normalized spacial score (nSPS) is 27.1. The molecule has 1 aromatic rings. The molecule has 0 saturated heterocycles. The van der Waals surface area contributed by atoms with Gasteiger partial charge in [-0.15, -0.1) is 0 Å². The summed E-state index contributed by atoms with van der Waals surface area (Å²) in [5, 5.41) is 0. The van der Waals surface area contributed by atoms with Crippen molar-refractivity contribution >= 4 is 0 Å². The number of hydrogen-bond donors (Lipinski definition) is 0. The molecule has 1 aromatic carbocycles. The van der Waals surface area contributed by atoms with Gasteiger partial charge < -0.3 is 4.74 Å². The molecule has 2 saturated carbocycles. The van der Waals surface area contributed by atoms with Crippen LogP contribution in [0.2, 0.25) is 0 Å². The zero-order valence-electron chi connectivity index (χ0n) is 20.0. The lowest BCUT2D eigenvalue weighted by Gasteiger charge is -2.31. The average Bonchev–Trinajstić information content (AvgIpc) is 2.78. The molecule has 0 bridgehead atoms. The predicted molar refractivity (Wildman–Crippen MR) is 130 cm³/mol. The van der Waals surface area contributed by atoms with E-state index >= 15 is 0 Å². The monoisotopic (exact) mass is 412 g/mol. The Hall–Kier alpha value is -0.980. The van der Waals surface area contributed by atoms with Crippen LogP contribution in [0.5, 0.6) is 5.75 Å². The molecule has 0 heterocycles. The van der Waals surface area contributed by atoms with Crippen LogP contribution in [0.25, 0.3) is 0 Å².